The smallest absolute Gasteiger partial charge is 0.244 e. The van der Waals surface area contributed by atoms with Crippen molar-refractivity contribution in [2.24, 2.45) is 0 Å². The Morgan fingerprint density at radius 2 is 2.00 bits per heavy atom. The first-order valence-electron chi connectivity index (χ1n) is 6.87. The maximum Gasteiger partial charge on any atom is 0.244 e. The predicted octanol–water partition coefficient (Wildman–Crippen LogP) is 1.60. The normalized spacial score (nSPS) is 24.5. The number of benzene rings is 1. The molecule has 0 saturated carbocycles. The Hall–Kier alpha value is -0.910. The van der Waals surface area contributed by atoms with Crippen molar-refractivity contribution in [1.82, 2.24) is 9.62 Å². The summed E-state index contributed by atoms with van der Waals surface area (Å²) in [4.78, 5) is 0.516. The van der Waals surface area contributed by atoms with Crippen molar-refractivity contribution in [3.8, 4) is 0 Å². The third-order valence-electron chi connectivity index (χ3n) is 4.40. The van der Waals surface area contributed by atoms with E-state index >= 15 is 0 Å². The quantitative estimate of drug-likeness (QED) is 0.850. The first kappa shape index (κ1) is 13.1. The van der Waals surface area contributed by atoms with Gasteiger partial charge in [-0.2, -0.15) is 4.31 Å². The summed E-state index contributed by atoms with van der Waals surface area (Å²) in [5.74, 6) is 0. The minimum Gasteiger partial charge on any atom is -0.317 e. The molecule has 0 amide bonds. The number of fused-ring (bicyclic) bond motifs is 2. The summed E-state index contributed by atoms with van der Waals surface area (Å²) >= 11 is 0. The lowest BCUT2D eigenvalue weighted by atomic mass is 9.81. The zero-order valence-corrected chi connectivity index (χ0v) is 12.3. The average Bonchev–Trinajstić information content (AvgIpc) is 2.55. The van der Waals surface area contributed by atoms with Crippen molar-refractivity contribution >= 4 is 10.0 Å². The van der Waals surface area contributed by atoms with E-state index in [0.717, 1.165) is 37.1 Å². The predicted molar refractivity (Wildman–Crippen MR) is 74.5 cm³/mol. The molecule has 2 aliphatic rings. The van der Waals surface area contributed by atoms with E-state index < -0.39 is 10.0 Å². The van der Waals surface area contributed by atoms with E-state index in [-0.39, 0.29) is 5.54 Å². The summed E-state index contributed by atoms with van der Waals surface area (Å²) in [5, 5.41) is 3.33. The molecule has 1 aromatic rings. The van der Waals surface area contributed by atoms with Gasteiger partial charge in [-0.25, -0.2) is 8.42 Å². The Morgan fingerprint density at radius 3 is 2.63 bits per heavy atom. The molecule has 3 rings (SSSR count). The molecule has 0 bridgehead atoms. The largest absolute Gasteiger partial charge is 0.317 e. The van der Waals surface area contributed by atoms with Crippen LogP contribution in [0.3, 0.4) is 0 Å². The van der Waals surface area contributed by atoms with Crippen LogP contribution in [0.5, 0.6) is 0 Å². The molecule has 0 unspecified atom stereocenters. The summed E-state index contributed by atoms with van der Waals surface area (Å²) in [5.41, 5.74) is 1.82. The van der Waals surface area contributed by atoms with E-state index in [9.17, 15) is 8.42 Å². The number of sulfonamides is 1. The molecule has 1 fully saturated rings. The molecule has 2 heterocycles. The van der Waals surface area contributed by atoms with Crippen LogP contribution in [-0.2, 0) is 15.6 Å². The van der Waals surface area contributed by atoms with Gasteiger partial charge in [-0.05, 0) is 44.5 Å². The number of hydrogen-bond acceptors (Lipinski definition) is 3. The Bertz CT molecular complexity index is 604. The highest BCUT2D eigenvalue weighted by atomic mass is 32.2. The number of aryl methyl sites for hydroxylation is 1. The molecule has 2 aliphatic heterocycles. The Morgan fingerprint density at radius 1 is 1.32 bits per heavy atom. The van der Waals surface area contributed by atoms with E-state index in [1.165, 1.54) is 0 Å². The second-order valence-corrected chi connectivity index (χ2v) is 7.28. The molecule has 1 spiro atoms. The summed E-state index contributed by atoms with van der Waals surface area (Å²) in [6.07, 6.45) is 1.72. The monoisotopic (exact) mass is 280 g/mol. The number of nitrogens with zero attached hydrogens (tertiary/aromatic N) is 1. The maximum absolute atomic E-state index is 12.7. The average molecular weight is 280 g/mol. The molecule has 4 nitrogen and oxygen atoms in total. The highest BCUT2D eigenvalue weighted by Crippen LogP contribution is 2.49. The van der Waals surface area contributed by atoms with Crippen LogP contribution < -0.4 is 5.32 Å². The fourth-order valence-corrected chi connectivity index (χ4v) is 5.63. The molecule has 1 N–H and O–H groups in total. The van der Waals surface area contributed by atoms with E-state index in [1.54, 1.807) is 10.4 Å². The van der Waals surface area contributed by atoms with Gasteiger partial charge in [0.25, 0.3) is 0 Å². The van der Waals surface area contributed by atoms with E-state index in [1.807, 2.05) is 19.9 Å². The van der Waals surface area contributed by atoms with Crippen molar-refractivity contribution < 1.29 is 8.42 Å². The lowest BCUT2D eigenvalue weighted by Gasteiger charge is -2.40. The van der Waals surface area contributed by atoms with Gasteiger partial charge >= 0.3 is 0 Å². The van der Waals surface area contributed by atoms with Crippen molar-refractivity contribution in [3.63, 3.8) is 0 Å². The molecule has 1 saturated heterocycles. The van der Waals surface area contributed by atoms with Gasteiger partial charge in [-0.3, -0.25) is 0 Å². The van der Waals surface area contributed by atoms with E-state index in [4.69, 9.17) is 0 Å². The minimum atomic E-state index is -3.32. The van der Waals surface area contributed by atoms with Gasteiger partial charge in [0.2, 0.25) is 10.0 Å². The van der Waals surface area contributed by atoms with Gasteiger partial charge in [0, 0.05) is 6.54 Å². The minimum absolute atomic E-state index is 0.319. The van der Waals surface area contributed by atoms with Crippen LogP contribution in [0.1, 0.15) is 30.9 Å². The molecular weight excluding hydrogens is 260 g/mol. The lowest BCUT2D eigenvalue weighted by Crippen LogP contribution is -2.50. The molecule has 0 aliphatic carbocycles. The van der Waals surface area contributed by atoms with Gasteiger partial charge in [-0.15, -0.1) is 0 Å². The second-order valence-electron chi connectivity index (χ2n) is 5.45. The standard InChI is InChI=1S/C14H20N2O2S/c1-3-16-14(6-8-15-9-7-14)12-10-11(2)4-5-13(12)19(16,17)18/h4-5,10,15H,3,6-9H2,1-2H3. The van der Waals surface area contributed by atoms with Crippen LogP contribution in [-0.4, -0.2) is 32.4 Å². The molecule has 5 heteroatoms. The van der Waals surface area contributed by atoms with Crippen LogP contribution in [0.4, 0.5) is 0 Å². The third-order valence-corrected chi connectivity index (χ3v) is 6.50. The number of hydrogen-bond donors (Lipinski definition) is 1. The van der Waals surface area contributed by atoms with Gasteiger partial charge in [0.1, 0.15) is 0 Å². The van der Waals surface area contributed by atoms with Crippen LogP contribution in [0.25, 0.3) is 0 Å². The summed E-state index contributed by atoms with van der Waals surface area (Å²) < 4.78 is 27.1. The van der Waals surface area contributed by atoms with Crippen molar-refractivity contribution in [2.75, 3.05) is 19.6 Å². The van der Waals surface area contributed by atoms with Crippen LogP contribution >= 0.6 is 0 Å². The fraction of sp³-hybridized carbons (Fsp3) is 0.571. The number of piperidine rings is 1. The zero-order chi connectivity index (χ0) is 13.7. The first-order valence-corrected chi connectivity index (χ1v) is 8.31. The Balaban J connectivity index is 2.27. The summed E-state index contributed by atoms with van der Waals surface area (Å²) in [6.45, 7) is 6.24. The fourth-order valence-electron chi connectivity index (χ4n) is 3.55. The molecule has 0 radical (unpaired) electrons. The Kier molecular flexibility index (Phi) is 2.96. The van der Waals surface area contributed by atoms with Gasteiger partial charge in [-0.1, -0.05) is 24.6 Å². The molecule has 19 heavy (non-hydrogen) atoms. The highest BCUT2D eigenvalue weighted by Gasteiger charge is 2.53. The molecule has 0 aromatic heterocycles. The number of nitrogens with one attached hydrogen (secondary N) is 1. The van der Waals surface area contributed by atoms with Crippen molar-refractivity contribution in [3.05, 3.63) is 29.3 Å². The second kappa shape index (κ2) is 4.30. The molecule has 1 aromatic carbocycles. The molecular formula is C14H20N2O2S. The van der Waals surface area contributed by atoms with Crippen LogP contribution in [0.2, 0.25) is 0 Å². The van der Waals surface area contributed by atoms with Crippen LogP contribution in [0.15, 0.2) is 23.1 Å². The third kappa shape index (κ3) is 1.68. The molecule has 104 valence electrons. The molecule has 0 atom stereocenters. The van der Waals surface area contributed by atoms with E-state index in [2.05, 4.69) is 11.4 Å². The van der Waals surface area contributed by atoms with Crippen molar-refractivity contribution in [1.29, 1.82) is 0 Å². The van der Waals surface area contributed by atoms with Gasteiger partial charge in [0.15, 0.2) is 0 Å². The lowest BCUT2D eigenvalue weighted by molar-refractivity contribution is 0.151. The topological polar surface area (TPSA) is 49.4 Å². The van der Waals surface area contributed by atoms with Gasteiger partial charge in [0.05, 0.1) is 10.4 Å². The summed E-state index contributed by atoms with van der Waals surface area (Å²) in [7, 11) is -3.32. The van der Waals surface area contributed by atoms with E-state index in [0.29, 0.717) is 11.4 Å². The zero-order valence-electron chi connectivity index (χ0n) is 11.4. The Labute approximate surface area is 114 Å². The first-order chi connectivity index (χ1) is 9.02. The number of rotatable bonds is 1. The van der Waals surface area contributed by atoms with Crippen LogP contribution in [0, 0.1) is 6.92 Å². The summed E-state index contributed by atoms with van der Waals surface area (Å²) in [6, 6.07) is 5.73. The highest BCUT2D eigenvalue weighted by molar-refractivity contribution is 7.89. The maximum atomic E-state index is 12.7. The SMILES string of the molecule is CCN1C2(CCNCC2)c2cc(C)ccc2S1(=O)=O. The van der Waals surface area contributed by atoms with Gasteiger partial charge < -0.3 is 5.32 Å². The van der Waals surface area contributed by atoms with Crippen molar-refractivity contribution in [2.45, 2.75) is 37.1 Å².